The van der Waals surface area contributed by atoms with Crippen LogP contribution in [0, 0.1) is 16.7 Å². The third-order valence-corrected chi connectivity index (χ3v) is 3.72. The molecule has 1 fully saturated rings. The van der Waals surface area contributed by atoms with Gasteiger partial charge >= 0.3 is 0 Å². The van der Waals surface area contributed by atoms with Gasteiger partial charge < -0.3 is 5.32 Å². The van der Waals surface area contributed by atoms with Crippen LogP contribution >= 0.6 is 0 Å². The lowest BCUT2D eigenvalue weighted by Gasteiger charge is -2.25. The van der Waals surface area contributed by atoms with Gasteiger partial charge in [0.2, 0.25) is 5.91 Å². The normalized spacial score (nSPS) is 18.0. The molecule has 1 aliphatic rings. The van der Waals surface area contributed by atoms with Gasteiger partial charge in [0.25, 0.3) is 0 Å². The Morgan fingerprint density at radius 1 is 1.38 bits per heavy atom. The molecule has 0 heterocycles. The highest BCUT2D eigenvalue weighted by molar-refractivity contribution is 5.82. The number of amides is 1. The zero-order valence-corrected chi connectivity index (χ0v) is 10.2. The van der Waals surface area contributed by atoms with E-state index in [2.05, 4.69) is 18.3 Å². The molecule has 16 heavy (non-hydrogen) atoms. The Labute approximate surface area is 98.2 Å². The maximum Gasteiger partial charge on any atom is 0.226 e. The number of carbonyl (C=O) groups is 1. The molecule has 0 radical (unpaired) electrons. The fourth-order valence-corrected chi connectivity index (χ4v) is 2.51. The predicted octanol–water partition coefficient (Wildman–Crippen LogP) is 2.77. The highest BCUT2D eigenvalue weighted by Gasteiger charge is 2.38. The van der Waals surface area contributed by atoms with Crippen LogP contribution in [0.5, 0.6) is 0 Å². The van der Waals surface area contributed by atoms with Crippen LogP contribution in [0.25, 0.3) is 0 Å². The first-order valence-corrected chi connectivity index (χ1v) is 6.40. The van der Waals surface area contributed by atoms with Crippen LogP contribution in [0.2, 0.25) is 0 Å². The van der Waals surface area contributed by atoms with E-state index in [1.165, 1.54) is 12.8 Å². The number of hydrogen-bond donors (Lipinski definition) is 1. The van der Waals surface area contributed by atoms with Gasteiger partial charge in [-0.25, -0.2) is 0 Å². The molecule has 3 nitrogen and oxygen atoms in total. The van der Waals surface area contributed by atoms with Gasteiger partial charge in [0.15, 0.2) is 0 Å². The molecule has 90 valence electrons. The highest BCUT2D eigenvalue weighted by Crippen LogP contribution is 2.40. The SMILES string of the molecule is CCC1(C(=O)NCCCCC#N)CCCC1. The summed E-state index contributed by atoms with van der Waals surface area (Å²) in [5.74, 6) is 0.240. The van der Waals surface area contributed by atoms with Gasteiger partial charge in [0, 0.05) is 18.4 Å². The molecule has 1 N–H and O–H groups in total. The molecule has 0 aromatic heterocycles. The number of unbranched alkanes of at least 4 members (excludes halogenated alkanes) is 2. The lowest BCUT2D eigenvalue weighted by molar-refractivity contribution is -0.131. The molecule has 3 heteroatoms. The summed E-state index contributed by atoms with van der Waals surface area (Å²) in [6, 6.07) is 2.12. The Hall–Kier alpha value is -1.04. The van der Waals surface area contributed by atoms with E-state index in [1.54, 1.807) is 0 Å². The highest BCUT2D eigenvalue weighted by atomic mass is 16.2. The van der Waals surface area contributed by atoms with Crippen molar-refractivity contribution in [2.75, 3.05) is 6.54 Å². The lowest BCUT2D eigenvalue weighted by Crippen LogP contribution is -2.39. The molecule has 1 rings (SSSR count). The topological polar surface area (TPSA) is 52.9 Å². The number of nitrogens with zero attached hydrogens (tertiary/aromatic N) is 1. The van der Waals surface area contributed by atoms with Crippen molar-refractivity contribution in [3.63, 3.8) is 0 Å². The number of hydrogen-bond acceptors (Lipinski definition) is 2. The predicted molar refractivity (Wildman–Crippen MR) is 63.7 cm³/mol. The van der Waals surface area contributed by atoms with E-state index in [0.717, 1.165) is 38.6 Å². The molecule has 1 aliphatic carbocycles. The molecular weight excluding hydrogens is 200 g/mol. The summed E-state index contributed by atoms with van der Waals surface area (Å²) in [6.07, 6.45) is 7.83. The molecule has 0 saturated heterocycles. The third-order valence-electron chi connectivity index (χ3n) is 3.72. The zero-order chi connectivity index (χ0) is 11.9. The fraction of sp³-hybridized carbons (Fsp3) is 0.846. The number of nitrogens with one attached hydrogen (secondary N) is 1. The summed E-state index contributed by atoms with van der Waals surface area (Å²) in [7, 11) is 0. The van der Waals surface area contributed by atoms with Gasteiger partial charge in [-0.1, -0.05) is 19.8 Å². The minimum absolute atomic E-state index is 0.0742. The van der Waals surface area contributed by atoms with Crippen molar-refractivity contribution in [3.8, 4) is 6.07 Å². The molecule has 1 saturated carbocycles. The molecule has 0 unspecified atom stereocenters. The van der Waals surface area contributed by atoms with E-state index < -0.39 is 0 Å². The Morgan fingerprint density at radius 2 is 2.06 bits per heavy atom. The van der Waals surface area contributed by atoms with Crippen LogP contribution in [-0.4, -0.2) is 12.5 Å². The second-order valence-electron chi connectivity index (χ2n) is 4.71. The quantitative estimate of drug-likeness (QED) is 0.702. The molecule has 0 atom stereocenters. The molecule has 0 aliphatic heterocycles. The second-order valence-corrected chi connectivity index (χ2v) is 4.71. The van der Waals surface area contributed by atoms with Gasteiger partial charge in [0.05, 0.1) is 6.07 Å². The van der Waals surface area contributed by atoms with Crippen LogP contribution in [0.15, 0.2) is 0 Å². The van der Waals surface area contributed by atoms with Crippen LogP contribution in [-0.2, 0) is 4.79 Å². The van der Waals surface area contributed by atoms with E-state index in [-0.39, 0.29) is 11.3 Å². The van der Waals surface area contributed by atoms with E-state index in [4.69, 9.17) is 5.26 Å². The summed E-state index contributed by atoms with van der Waals surface area (Å²) in [4.78, 5) is 12.1. The van der Waals surface area contributed by atoms with Crippen molar-refractivity contribution >= 4 is 5.91 Å². The second kappa shape index (κ2) is 6.52. The maximum atomic E-state index is 12.1. The molecule has 0 bridgehead atoms. The first-order chi connectivity index (χ1) is 7.75. The van der Waals surface area contributed by atoms with Crippen molar-refractivity contribution in [1.82, 2.24) is 5.32 Å². The first-order valence-electron chi connectivity index (χ1n) is 6.40. The average molecular weight is 222 g/mol. The van der Waals surface area contributed by atoms with E-state index in [1.807, 2.05) is 0 Å². The molecular formula is C13H22N2O. The first kappa shape index (κ1) is 13.0. The summed E-state index contributed by atoms with van der Waals surface area (Å²) in [6.45, 7) is 2.84. The average Bonchev–Trinajstić information content (AvgIpc) is 2.78. The monoisotopic (exact) mass is 222 g/mol. The summed E-state index contributed by atoms with van der Waals surface area (Å²) in [5, 5.41) is 11.4. The van der Waals surface area contributed by atoms with Gasteiger partial charge in [-0.2, -0.15) is 5.26 Å². The Morgan fingerprint density at radius 3 is 2.62 bits per heavy atom. The van der Waals surface area contributed by atoms with Gasteiger partial charge in [0.1, 0.15) is 0 Å². The summed E-state index contributed by atoms with van der Waals surface area (Å²) in [5.41, 5.74) is -0.0742. The Kier molecular flexibility index (Phi) is 5.31. The number of rotatable bonds is 6. The summed E-state index contributed by atoms with van der Waals surface area (Å²) < 4.78 is 0. The van der Waals surface area contributed by atoms with Crippen molar-refractivity contribution < 1.29 is 4.79 Å². The fourth-order valence-electron chi connectivity index (χ4n) is 2.51. The number of carbonyl (C=O) groups excluding carboxylic acids is 1. The largest absolute Gasteiger partial charge is 0.356 e. The van der Waals surface area contributed by atoms with Crippen LogP contribution < -0.4 is 5.32 Å². The smallest absolute Gasteiger partial charge is 0.226 e. The maximum absolute atomic E-state index is 12.1. The minimum Gasteiger partial charge on any atom is -0.356 e. The number of nitriles is 1. The van der Waals surface area contributed by atoms with Crippen LogP contribution in [0.4, 0.5) is 0 Å². The van der Waals surface area contributed by atoms with E-state index >= 15 is 0 Å². The van der Waals surface area contributed by atoms with Crippen LogP contribution in [0.1, 0.15) is 58.3 Å². The molecule has 0 aromatic rings. The van der Waals surface area contributed by atoms with Crippen LogP contribution in [0.3, 0.4) is 0 Å². The Bertz CT molecular complexity index is 262. The zero-order valence-electron chi connectivity index (χ0n) is 10.2. The van der Waals surface area contributed by atoms with Crippen molar-refractivity contribution in [1.29, 1.82) is 5.26 Å². The Balaban J connectivity index is 2.26. The van der Waals surface area contributed by atoms with Gasteiger partial charge in [-0.3, -0.25) is 4.79 Å². The molecule has 0 spiro atoms. The van der Waals surface area contributed by atoms with Crippen molar-refractivity contribution in [3.05, 3.63) is 0 Å². The molecule has 0 aromatic carbocycles. The van der Waals surface area contributed by atoms with Crippen molar-refractivity contribution in [2.24, 2.45) is 5.41 Å². The van der Waals surface area contributed by atoms with Gasteiger partial charge in [-0.15, -0.1) is 0 Å². The third kappa shape index (κ3) is 3.23. The minimum atomic E-state index is -0.0742. The van der Waals surface area contributed by atoms with E-state index in [9.17, 15) is 4.79 Å². The lowest BCUT2D eigenvalue weighted by atomic mass is 9.82. The summed E-state index contributed by atoms with van der Waals surface area (Å²) >= 11 is 0. The molecule has 1 amide bonds. The van der Waals surface area contributed by atoms with Gasteiger partial charge in [-0.05, 0) is 32.1 Å². The van der Waals surface area contributed by atoms with E-state index in [0.29, 0.717) is 6.42 Å². The van der Waals surface area contributed by atoms with Crippen molar-refractivity contribution in [2.45, 2.75) is 58.3 Å². The standard InChI is InChI=1S/C13H22N2O/c1-2-13(8-4-5-9-13)12(16)15-11-7-3-6-10-14/h2-9,11H2,1H3,(H,15,16).